The number of carbonyl (C=O) groups is 4. The van der Waals surface area contributed by atoms with Gasteiger partial charge in [0.25, 0.3) is 0 Å². The molecule has 0 saturated carbocycles. The molecule has 0 fully saturated rings. The number of ether oxygens (including phenoxy) is 4. The molecule has 0 rings (SSSR count). The molecule has 3 unspecified atom stereocenters. The van der Waals surface area contributed by atoms with Gasteiger partial charge in [-0.1, -0.05) is 376 Å². The molecule has 600 valence electrons. The molecule has 0 aliphatic rings. The van der Waals surface area contributed by atoms with Crippen LogP contribution < -0.4 is 0 Å². The monoisotopic (exact) mass is 1480 g/mol. The summed E-state index contributed by atoms with van der Waals surface area (Å²) in [7, 11) is -9.92. The third-order valence-corrected chi connectivity index (χ3v) is 21.4. The van der Waals surface area contributed by atoms with Gasteiger partial charge in [-0.05, 0) is 43.4 Å². The number of hydrogen-bond acceptors (Lipinski definition) is 15. The number of phosphoric acid groups is 2. The fourth-order valence-electron chi connectivity index (χ4n) is 12.6. The molecular weight excluding hydrogens is 1320 g/mol. The molecule has 19 heteroatoms. The van der Waals surface area contributed by atoms with Gasteiger partial charge in [-0.2, -0.15) is 0 Å². The van der Waals surface area contributed by atoms with Crippen molar-refractivity contribution in [3.63, 3.8) is 0 Å². The maximum atomic E-state index is 13.1. The number of phosphoric ester groups is 2. The zero-order valence-corrected chi connectivity index (χ0v) is 68.2. The predicted octanol–water partition coefficient (Wildman–Crippen LogP) is 24.5. The molecule has 0 aliphatic carbocycles. The Morgan fingerprint density at radius 3 is 0.752 bits per heavy atom. The summed E-state index contributed by atoms with van der Waals surface area (Å²) in [6.07, 6.45) is 61.0. The lowest BCUT2D eigenvalue weighted by atomic mass is 9.99. The number of esters is 4. The average Bonchev–Trinajstić information content (AvgIpc) is 1.12. The quantitative estimate of drug-likeness (QED) is 0.0222. The van der Waals surface area contributed by atoms with E-state index in [1.165, 1.54) is 238 Å². The Labute approximate surface area is 619 Å². The highest BCUT2D eigenvalue weighted by atomic mass is 31.2. The minimum absolute atomic E-state index is 0.106. The lowest BCUT2D eigenvalue weighted by Gasteiger charge is -2.21. The van der Waals surface area contributed by atoms with Crippen molar-refractivity contribution in [1.82, 2.24) is 0 Å². The third-order valence-electron chi connectivity index (χ3n) is 19.5. The van der Waals surface area contributed by atoms with Gasteiger partial charge in [-0.3, -0.25) is 37.3 Å². The second-order valence-corrected chi connectivity index (χ2v) is 33.6. The fraction of sp³-hybridized carbons (Fsp3) is 0.951. The van der Waals surface area contributed by atoms with Crippen LogP contribution in [0.2, 0.25) is 0 Å². The Bertz CT molecular complexity index is 1960. The van der Waals surface area contributed by atoms with Crippen molar-refractivity contribution < 1.29 is 80.2 Å². The molecule has 17 nitrogen and oxygen atoms in total. The summed E-state index contributed by atoms with van der Waals surface area (Å²) in [4.78, 5) is 73.1. The summed E-state index contributed by atoms with van der Waals surface area (Å²) in [5, 5.41) is 10.7. The van der Waals surface area contributed by atoms with Gasteiger partial charge >= 0.3 is 39.5 Å². The molecule has 0 spiro atoms. The Balaban J connectivity index is 5.25. The van der Waals surface area contributed by atoms with E-state index in [1.54, 1.807) is 0 Å². The zero-order valence-electron chi connectivity index (χ0n) is 66.4. The highest BCUT2D eigenvalue weighted by Gasteiger charge is 2.30. The van der Waals surface area contributed by atoms with Crippen LogP contribution in [0.1, 0.15) is 427 Å². The lowest BCUT2D eigenvalue weighted by Crippen LogP contribution is -2.30. The molecule has 0 bridgehead atoms. The van der Waals surface area contributed by atoms with E-state index >= 15 is 0 Å². The molecule has 0 aliphatic heterocycles. The molecule has 0 aromatic rings. The summed E-state index contributed by atoms with van der Waals surface area (Å²) >= 11 is 0. The second-order valence-electron chi connectivity index (χ2n) is 30.7. The van der Waals surface area contributed by atoms with Crippen LogP contribution in [0.25, 0.3) is 0 Å². The molecule has 0 amide bonds. The Kier molecular flexibility index (Phi) is 70.9. The van der Waals surface area contributed by atoms with Crippen molar-refractivity contribution in [2.75, 3.05) is 39.6 Å². The molecule has 101 heavy (non-hydrogen) atoms. The highest BCUT2D eigenvalue weighted by molar-refractivity contribution is 7.47. The summed E-state index contributed by atoms with van der Waals surface area (Å²) in [5.41, 5.74) is 0. The van der Waals surface area contributed by atoms with Gasteiger partial charge in [-0.25, -0.2) is 9.13 Å². The van der Waals surface area contributed by atoms with Gasteiger partial charge in [-0.15, -0.1) is 0 Å². The Morgan fingerprint density at radius 1 is 0.287 bits per heavy atom. The highest BCUT2D eigenvalue weighted by Crippen LogP contribution is 2.45. The van der Waals surface area contributed by atoms with Gasteiger partial charge in [0.1, 0.15) is 19.3 Å². The summed E-state index contributed by atoms with van der Waals surface area (Å²) in [6, 6.07) is 0. The lowest BCUT2D eigenvalue weighted by molar-refractivity contribution is -0.161. The van der Waals surface area contributed by atoms with E-state index in [-0.39, 0.29) is 25.7 Å². The Morgan fingerprint density at radius 2 is 0.505 bits per heavy atom. The molecular formula is C82H160O17P2. The topological polar surface area (TPSA) is 237 Å². The number of carbonyl (C=O) groups excluding carboxylic acids is 4. The predicted molar refractivity (Wildman–Crippen MR) is 414 cm³/mol. The smallest absolute Gasteiger partial charge is 0.462 e. The van der Waals surface area contributed by atoms with Crippen LogP contribution in [0, 0.1) is 17.8 Å². The summed E-state index contributed by atoms with van der Waals surface area (Å²) < 4.78 is 68.8. The first-order valence-electron chi connectivity index (χ1n) is 42.4. The van der Waals surface area contributed by atoms with E-state index < -0.39 is 97.5 Å². The average molecular weight is 1480 g/mol. The molecule has 6 atom stereocenters. The normalized spacial score (nSPS) is 14.2. The van der Waals surface area contributed by atoms with Crippen LogP contribution in [0.5, 0.6) is 0 Å². The third kappa shape index (κ3) is 74.7. The van der Waals surface area contributed by atoms with E-state index in [0.717, 1.165) is 108 Å². The molecule has 0 heterocycles. The number of aliphatic hydroxyl groups excluding tert-OH is 1. The minimum Gasteiger partial charge on any atom is -0.462 e. The zero-order chi connectivity index (χ0) is 74.4. The maximum Gasteiger partial charge on any atom is 0.472 e. The Hall–Kier alpha value is -1.94. The fourth-order valence-corrected chi connectivity index (χ4v) is 14.2. The van der Waals surface area contributed by atoms with Gasteiger partial charge < -0.3 is 33.8 Å². The second kappa shape index (κ2) is 72.3. The van der Waals surface area contributed by atoms with Gasteiger partial charge in [0.2, 0.25) is 0 Å². The van der Waals surface area contributed by atoms with Crippen molar-refractivity contribution in [2.24, 2.45) is 17.8 Å². The van der Waals surface area contributed by atoms with Gasteiger partial charge in [0.05, 0.1) is 26.4 Å². The molecule has 0 aromatic heterocycles. The van der Waals surface area contributed by atoms with E-state index in [1.807, 2.05) is 0 Å². The number of unbranched alkanes of at least 4 members (excludes halogenated alkanes) is 47. The minimum atomic E-state index is -4.96. The van der Waals surface area contributed by atoms with Crippen LogP contribution in [0.15, 0.2) is 0 Å². The standard InChI is InChI=1S/C82H160O17P2/c1-8-10-11-12-13-14-15-16-17-18-19-20-21-22-25-29-35-44-51-58-65-81(86)98-77(69-92-79(84)63-56-49-42-34-28-26-23-24-27-32-39-46-53-60-73(3)4)71-96-100(88,89)94-67-76(83)68-95-101(90,91)97-72-78(70-93-80(85)64-57-50-43-38-37-41-48-55-62-75(7)9-2)99-82(87)66-59-52-45-36-31-30-33-40-47-54-61-74(5)6/h73-78,83H,8-72H2,1-7H3,(H,88,89)(H,90,91)/t75?,76-,77-,78-/m1/s1. The molecule has 0 radical (unpaired) electrons. The van der Waals surface area contributed by atoms with Crippen molar-refractivity contribution in [1.29, 1.82) is 0 Å². The molecule has 0 saturated heterocycles. The molecule has 3 N–H and O–H groups in total. The summed E-state index contributed by atoms with van der Waals surface area (Å²) in [5.74, 6) is 0.210. The van der Waals surface area contributed by atoms with Crippen LogP contribution in [0.4, 0.5) is 0 Å². The van der Waals surface area contributed by atoms with Gasteiger partial charge in [0.15, 0.2) is 12.2 Å². The van der Waals surface area contributed by atoms with Crippen LogP contribution >= 0.6 is 15.6 Å². The SMILES string of the molecule is CCCCCCCCCCCCCCCCCCCCCCC(=O)O[C@H](COC(=O)CCCCCCCCCCCCCCCC(C)C)COP(=O)(O)OC[C@@H](O)COP(=O)(O)OC[C@@H](COC(=O)CCCCCCCCCCC(C)CC)OC(=O)CCCCCCCCCCCCC(C)C. The number of rotatable bonds is 80. The van der Waals surface area contributed by atoms with Crippen molar-refractivity contribution in [2.45, 2.75) is 446 Å². The van der Waals surface area contributed by atoms with Crippen LogP contribution in [-0.2, 0) is 65.4 Å². The first-order valence-corrected chi connectivity index (χ1v) is 45.4. The van der Waals surface area contributed by atoms with E-state index in [4.69, 9.17) is 37.0 Å². The first-order chi connectivity index (χ1) is 48.8. The number of hydrogen-bond donors (Lipinski definition) is 3. The van der Waals surface area contributed by atoms with Crippen molar-refractivity contribution in [3.05, 3.63) is 0 Å². The van der Waals surface area contributed by atoms with Gasteiger partial charge in [0, 0.05) is 25.7 Å². The van der Waals surface area contributed by atoms with E-state index in [2.05, 4.69) is 48.5 Å². The van der Waals surface area contributed by atoms with Crippen LogP contribution in [0.3, 0.4) is 0 Å². The molecule has 0 aromatic carbocycles. The van der Waals surface area contributed by atoms with E-state index in [9.17, 15) is 43.2 Å². The maximum absolute atomic E-state index is 13.1. The first kappa shape index (κ1) is 99.1. The number of aliphatic hydroxyl groups is 1. The van der Waals surface area contributed by atoms with Crippen molar-refractivity contribution in [3.8, 4) is 0 Å². The van der Waals surface area contributed by atoms with E-state index in [0.29, 0.717) is 25.7 Å². The summed E-state index contributed by atoms with van der Waals surface area (Å²) in [6.45, 7) is 12.0. The van der Waals surface area contributed by atoms with Crippen molar-refractivity contribution >= 4 is 39.5 Å². The van der Waals surface area contributed by atoms with Crippen LogP contribution in [-0.4, -0.2) is 96.7 Å². The largest absolute Gasteiger partial charge is 0.472 e.